The summed E-state index contributed by atoms with van der Waals surface area (Å²) >= 11 is 0. The van der Waals surface area contributed by atoms with Gasteiger partial charge in [-0.3, -0.25) is 0 Å². The standard InChI is InChI=1S/C29H34N4O2/c1-3-35-29(34)25-10-7-11-27(31-25)32-26-19-30-28(18-24(26)22-12-13-22)33(2)23-16-14-21(15-17-23)20-8-5-4-6-9-20/h7,10-11,14-20,22H,3-6,8-9,12-13H2,1-2H3,(H,31,32). The van der Waals surface area contributed by atoms with E-state index in [4.69, 9.17) is 9.72 Å². The van der Waals surface area contributed by atoms with Gasteiger partial charge in [-0.1, -0.05) is 37.5 Å². The van der Waals surface area contributed by atoms with E-state index in [9.17, 15) is 4.79 Å². The smallest absolute Gasteiger partial charge is 0.356 e. The Hall–Kier alpha value is -3.41. The molecule has 2 saturated carbocycles. The highest BCUT2D eigenvalue weighted by Crippen LogP contribution is 2.45. The minimum absolute atomic E-state index is 0.297. The molecule has 0 amide bonds. The lowest BCUT2D eigenvalue weighted by Gasteiger charge is -2.24. The minimum atomic E-state index is -0.414. The second kappa shape index (κ2) is 10.5. The fourth-order valence-electron chi connectivity index (χ4n) is 4.98. The number of rotatable bonds is 8. The SMILES string of the molecule is CCOC(=O)c1cccc(Nc2cnc(N(C)c3ccc(C4CCCCC4)cc3)cc2C2CC2)n1. The molecule has 6 heteroatoms. The molecular weight excluding hydrogens is 436 g/mol. The predicted octanol–water partition coefficient (Wildman–Crippen LogP) is 7.09. The van der Waals surface area contributed by atoms with E-state index in [1.54, 1.807) is 13.0 Å². The maximum Gasteiger partial charge on any atom is 0.356 e. The number of ether oxygens (including phenoxy) is 1. The van der Waals surface area contributed by atoms with Gasteiger partial charge in [0, 0.05) is 12.7 Å². The van der Waals surface area contributed by atoms with Crippen molar-refractivity contribution in [2.24, 2.45) is 0 Å². The van der Waals surface area contributed by atoms with E-state index >= 15 is 0 Å². The van der Waals surface area contributed by atoms with E-state index in [2.05, 4.69) is 52.6 Å². The molecule has 35 heavy (non-hydrogen) atoms. The van der Waals surface area contributed by atoms with Crippen LogP contribution >= 0.6 is 0 Å². The van der Waals surface area contributed by atoms with E-state index in [1.807, 2.05) is 18.3 Å². The second-order valence-corrected chi connectivity index (χ2v) is 9.64. The Morgan fingerprint density at radius 3 is 2.51 bits per heavy atom. The van der Waals surface area contributed by atoms with Crippen LogP contribution in [0.3, 0.4) is 0 Å². The van der Waals surface area contributed by atoms with Crippen LogP contribution in [-0.2, 0) is 4.74 Å². The highest BCUT2D eigenvalue weighted by atomic mass is 16.5. The quantitative estimate of drug-likeness (QED) is 0.355. The molecule has 182 valence electrons. The van der Waals surface area contributed by atoms with Gasteiger partial charge < -0.3 is 15.0 Å². The van der Waals surface area contributed by atoms with E-state index in [1.165, 1.54) is 56.1 Å². The normalized spacial score (nSPS) is 16.1. The summed E-state index contributed by atoms with van der Waals surface area (Å²) in [6, 6.07) is 16.5. The lowest BCUT2D eigenvalue weighted by molar-refractivity contribution is 0.0519. The first-order valence-corrected chi connectivity index (χ1v) is 12.9. The van der Waals surface area contributed by atoms with Crippen molar-refractivity contribution >= 4 is 29.0 Å². The third-order valence-corrected chi connectivity index (χ3v) is 7.14. The van der Waals surface area contributed by atoms with Gasteiger partial charge in [0.2, 0.25) is 0 Å². The molecule has 2 heterocycles. The molecule has 0 atom stereocenters. The van der Waals surface area contributed by atoms with Gasteiger partial charge in [0.1, 0.15) is 11.6 Å². The lowest BCUT2D eigenvalue weighted by atomic mass is 9.84. The Labute approximate surface area is 207 Å². The van der Waals surface area contributed by atoms with E-state index in [0.717, 1.165) is 17.2 Å². The third-order valence-electron chi connectivity index (χ3n) is 7.14. The molecule has 1 aromatic carbocycles. The number of benzene rings is 1. The number of aromatic nitrogens is 2. The largest absolute Gasteiger partial charge is 0.461 e. The molecule has 2 aromatic heterocycles. The van der Waals surface area contributed by atoms with Crippen molar-refractivity contribution < 1.29 is 9.53 Å². The Morgan fingerprint density at radius 1 is 1.03 bits per heavy atom. The summed E-state index contributed by atoms with van der Waals surface area (Å²) in [5, 5.41) is 3.38. The summed E-state index contributed by atoms with van der Waals surface area (Å²) in [6.07, 6.45) is 10.9. The molecular formula is C29H34N4O2. The van der Waals surface area contributed by atoms with Gasteiger partial charge in [-0.25, -0.2) is 14.8 Å². The molecule has 2 fully saturated rings. The van der Waals surface area contributed by atoms with Crippen molar-refractivity contribution in [3.8, 4) is 0 Å². The third kappa shape index (κ3) is 5.47. The number of esters is 1. The van der Waals surface area contributed by atoms with Crippen molar-refractivity contribution in [3.05, 3.63) is 71.5 Å². The zero-order valence-corrected chi connectivity index (χ0v) is 20.7. The first kappa shape index (κ1) is 23.3. The first-order valence-electron chi connectivity index (χ1n) is 12.9. The van der Waals surface area contributed by atoms with Crippen molar-refractivity contribution in [2.45, 2.75) is 63.7 Å². The van der Waals surface area contributed by atoms with E-state index in [-0.39, 0.29) is 0 Å². The number of nitrogens with zero attached hydrogens (tertiary/aromatic N) is 3. The van der Waals surface area contributed by atoms with Crippen LogP contribution in [-0.4, -0.2) is 29.6 Å². The monoisotopic (exact) mass is 470 g/mol. The number of hydrogen-bond donors (Lipinski definition) is 1. The summed E-state index contributed by atoms with van der Waals surface area (Å²) in [4.78, 5) is 23.4. The molecule has 2 aliphatic carbocycles. The maximum absolute atomic E-state index is 12.1. The molecule has 2 aliphatic rings. The summed E-state index contributed by atoms with van der Waals surface area (Å²) < 4.78 is 5.08. The fraction of sp³-hybridized carbons (Fsp3) is 0.414. The highest BCUT2D eigenvalue weighted by Gasteiger charge is 2.28. The van der Waals surface area contributed by atoms with Crippen LogP contribution < -0.4 is 10.2 Å². The highest BCUT2D eigenvalue weighted by molar-refractivity contribution is 5.87. The van der Waals surface area contributed by atoms with Gasteiger partial charge in [-0.15, -0.1) is 0 Å². The number of carbonyl (C=O) groups is 1. The number of pyridine rings is 2. The Bertz CT molecular complexity index is 1170. The Kier molecular flexibility index (Phi) is 6.98. The number of hydrogen-bond acceptors (Lipinski definition) is 6. The van der Waals surface area contributed by atoms with Gasteiger partial charge >= 0.3 is 5.97 Å². The van der Waals surface area contributed by atoms with E-state index < -0.39 is 5.97 Å². The van der Waals surface area contributed by atoms with Gasteiger partial charge in [-0.2, -0.15) is 0 Å². The summed E-state index contributed by atoms with van der Waals surface area (Å²) in [5.74, 6) is 2.36. The molecule has 5 rings (SSSR count). The Morgan fingerprint density at radius 2 is 1.80 bits per heavy atom. The van der Waals surface area contributed by atoms with Crippen LogP contribution in [0, 0.1) is 0 Å². The van der Waals surface area contributed by atoms with Gasteiger partial charge in [0.05, 0.1) is 18.5 Å². The summed E-state index contributed by atoms with van der Waals surface area (Å²) in [5.41, 5.74) is 5.08. The molecule has 1 N–H and O–H groups in total. The predicted molar refractivity (Wildman–Crippen MR) is 140 cm³/mol. The topological polar surface area (TPSA) is 67.3 Å². The fourth-order valence-corrected chi connectivity index (χ4v) is 4.98. The van der Waals surface area contributed by atoms with Crippen molar-refractivity contribution in [2.75, 3.05) is 23.9 Å². The zero-order chi connectivity index (χ0) is 24.2. The van der Waals surface area contributed by atoms with Crippen molar-refractivity contribution in [3.63, 3.8) is 0 Å². The van der Waals surface area contributed by atoms with Crippen LogP contribution in [0.2, 0.25) is 0 Å². The van der Waals surface area contributed by atoms with Crippen LogP contribution in [0.4, 0.5) is 23.0 Å². The molecule has 6 nitrogen and oxygen atoms in total. The lowest BCUT2D eigenvalue weighted by Crippen LogP contribution is -2.13. The maximum atomic E-state index is 12.1. The van der Waals surface area contributed by atoms with Crippen molar-refractivity contribution in [1.29, 1.82) is 0 Å². The minimum Gasteiger partial charge on any atom is -0.461 e. The number of carbonyl (C=O) groups excluding carboxylic acids is 1. The molecule has 3 aromatic rings. The molecule has 0 spiro atoms. The molecule has 0 aliphatic heterocycles. The molecule has 0 unspecified atom stereocenters. The Balaban J connectivity index is 1.34. The molecule has 0 bridgehead atoms. The van der Waals surface area contributed by atoms with Crippen molar-refractivity contribution in [1.82, 2.24) is 9.97 Å². The van der Waals surface area contributed by atoms with Crippen LogP contribution in [0.1, 0.15) is 85.3 Å². The average molecular weight is 471 g/mol. The van der Waals surface area contributed by atoms with Gasteiger partial charge in [0.15, 0.2) is 5.69 Å². The summed E-state index contributed by atoms with van der Waals surface area (Å²) in [7, 11) is 2.08. The van der Waals surface area contributed by atoms with Crippen LogP contribution in [0.5, 0.6) is 0 Å². The van der Waals surface area contributed by atoms with Crippen LogP contribution in [0.15, 0.2) is 54.7 Å². The van der Waals surface area contributed by atoms with Crippen LogP contribution in [0.25, 0.3) is 0 Å². The molecule has 0 saturated heterocycles. The first-order chi connectivity index (χ1) is 17.1. The second-order valence-electron chi connectivity index (χ2n) is 9.64. The average Bonchev–Trinajstić information content (AvgIpc) is 3.75. The number of anilines is 4. The van der Waals surface area contributed by atoms with Gasteiger partial charge in [0.25, 0.3) is 0 Å². The van der Waals surface area contributed by atoms with E-state index in [0.29, 0.717) is 30.0 Å². The molecule has 0 radical (unpaired) electrons. The summed E-state index contributed by atoms with van der Waals surface area (Å²) in [6.45, 7) is 2.11. The zero-order valence-electron chi connectivity index (χ0n) is 20.7. The van der Waals surface area contributed by atoms with Gasteiger partial charge in [-0.05, 0) is 85.9 Å². The number of nitrogens with one attached hydrogen (secondary N) is 1.